The summed E-state index contributed by atoms with van der Waals surface area (Å²) in [6.07, 6.45) is 3.24. The second kappa shape index (κ2) is 4.59. The van der Waals surface area contributed by atoms with Gasteiger partial charge in [-0.2, -0.15) is 0 Å². The van der Waals surface area contributed by atoms with E-state index in [4.69, 9.17) is 9.84 Å². The minimum Gasteiger partial charge on any atom is -0.478 e. The van der Waals surface area contributed by atoms with Gasteiger partial charge in [-0.3, -0.25) is 0 Å². The standard InChI is InChI=1S/C15H11FO4/c16-10-4-1-8(2-5-10)13-11-6-3-9(14(17)18)7-12(11)15(19)20-13/h1,3-4,6-7,13H,2,5H2,(H,17,18). The van der Waals surface area contributed by atoms with Crippen molar-refractivity contribution < 1.29 is 23.8 Å². The highest BCUT2D eigenvalue weighted by molar-refractivity contribution is 5.98. The lowest BCUT2D eigenvalue weighted by atomic mass is 9.92. The molecule has 0 spiro atoms. The van der Waals surface area contributed by atoms with E-state index in [1.807, 2.05) is 0 Å². The molecule has 1 heterocycles. The molecule has 1 aromatic rings. The molecule has 1 unspecified atom stereocenters. The van der Waals surface area contributed by atoms with E-state index in [1.165, 1.54) is 18.2 Å². The lowest BCUT2D eigenvalue weighted by molar-refractivity contribution is 0.0443. The summed E-state index contributed by atoms with van der Waals surface area (Å²) in [5, 5.41) is 8.93. The first kappa shape index (κ1) is 12.6. The minimum atomic E-state index is -1.09. The van der Waals surface area contributed by atoms with Crippen LogP contribution in [0, 0.1) is 0 Å². The number of halogens is 1. The summed E-state index contributed by atoms with van der Waals surface area (Å²) in [6, 6.07) is 4.35. The lowest BCUT2D eigenvalue weighted by Crippen LogP contribution is -2.04. The molecule has 1 aliphatic carbocycles. The van der Waals surface area contributed by atoms with E-state index >= 15 is 0 Å². The Labute approximate surface area is 114 Å². The molecule has 1 atom stereocenters. The highest BCUT2D eigenvalue weighted by Crippen LogP contribution is 2.39. The second-order valence-electron chi connectivity index (χ2n) is 4.75. The minimum absolute atomic E-state index is 0.0462. The van der Waals surface area contributed by atoms with Gasteiger partial charge in [0.1, 0.15) is 11.9 Å². The molecule has 1 N–H and O–H groups in total. The third-order valence-electron chi connectivity index (χ3n) is 3.50. The molecule has 20 heavy (non-hydrogen) atoms. The van der Waals surface area contributed by atoms with Crippen LogP contribution in [0.2, 0.25) is 0 Å². The number of carboxylic acid groups (broad SMARTS) is 1. The summed E-state index contributed by atoms with van der Waals surface area (Å²) in [4.78, 5) is 22.7. The highest BCUT2D eigenvalue weighted by Gasteiger charge is 2.34. The zero-order chi connectivity index (χ0) is 14.3. The molecule has 5 heteroatoms. The molecule has 2 aliphatic rings. The monoisotopic (exact) mass is 274 g/mol. The van der Waals surface area contributed by atoms with Gasteiger partial charge < -0.3 is 9.84 Å². The Morgan fingerprint density at radius 1 is 1.30 bits per heavy atom. The number of allylic oxidation sites excluding steroid dienone is 3. The Morgan fingerprint density at radius 3 is 2.75 bits per heavy atom. The maximum absolute atomic E-state index is 13.0. The van der Waals surface area contributed by atoms with Gasteiger partial charge in [-0.05, 0) is 30.2 Å². The number of fused-ring (bicyclic) bond motifs is 1. The number of aromatic carboxylic acids is 1. The van der Waals surface area contributed by atoms with Crippen LogP contribution in [-0.4, -0.2) is 17.0 Å². The quantitative estimate of drug-likeness (QED) is 0.841. The van der Waals surface area contributed by atoms with Crippen molar-refractivity contribution in [2.45, 2.75) is 18.9 Å². The number of hydrogen-bond acceptors (Lipinski definition) is 3. The zero-order valence-electron chi connectivity index (χ0n) is 10.4. The van der Waals surface area contributed by atoms with Gasteiger partial charge in [-0.25, -0.2) is 14.0 Å². The van der Waals surface area contributed by atoms with Crippen LogP contribution in [-0.2, 0) is 4.74 Å². The zero-order valence-corrected chi connectivity index (χ0v) is 10.4. The maximum Gasteiger partial charge on any atom is 0.339 e. The Balaban J connectivity index is 2.00. The summed E-state index contributed by atoms with van der Waals surface area (Å²) >= 11 is 0. The van der Waals surface area contributed by atoms with Gasteiger partial charge in [0.05, 0.1) is 11.1 Å². The highest BCUT2D eigenvalue weighted by atomic mass is 19.1. The Bertz CT molecular complexity index is 672. The number of carbonyl (C=O) groups excluding carboxylic acids is 1. The van der Waals surface area contributed by atoms with Gasteiger partial charge in [-0.1, -0.05) is 12.1 Å². The predicted molar refractivity (Wildman–Crippen MR) is 68.1 cm³/mol. The van der Waals surface area contributed by atoms with Gasteiger partial charge in [0, 0.05) is 12.0 Å². The number of cyclic esters (lactones) is 1. The second-order valence-corrected chi connectivity index (χ2v) is 4.75. The Kier molecular flexibility index (Phi) is 2.89. The number of carboxylic acids is 1. The first-order chi connectivity index (χ1) is 9.56. The van der Waals surface area contributed by atoms with Crippen LogP contribution in [0.4, 0.5) is 4.39 Å². The number of carbonyl (C=O) groups is 2. The van der Waals surface area contributed by atoms with Crippen LogP contribution in [0.25, 0.3) is 0 Å². The van der Waals surface area contributed by atoms with Crippen molar-refractivity contribution in [3.05, 3.63) is 58.4 Å². The van der Waals surface area contributed by atoms with Crippen molar-refractivity contribution in [3.8, 4) is 0 Å². The van der Waals surface area contributed by atoms with Crippen molar-refractivity contribution in [1.29, 1.82) is 0 Å². The third kappa shape index (κ3) is 2.01. The fraction of sp³-hybridized carbons (Fsp3) is 0.200. The number of ether oxygens (including phenoxy) is 1. The van der Waals surface area contributed by atoms with Gasteiger partial charge in [0.25, 0.3) is 0 Å². The molecule has 1 aliphatic heterocycles. The van der Waals surface area contributed by atoms with Crippen molar-refractivity contribution in [2.24, 2.45) is 0 Å². The summed E-state index contributed by atoms with van der Waals surface area (Å²) < 4.78 is 18.3. The van der Waals surface area contributed by atoms with E-state index < -0.39 is 18.0 Å². The third-order valence-corrected chi connectivity index (χ3v) is 3.50. The first-order valence-corrected chi connectivity index (χ1v) is 6.19. The molecule has 102 valence electrons. The van der Waals surface area contributed by atoms with Crippen LogP contribution in [0.15, 0.2) is 41.8 Å². The fourth-order valence-electron chi connectivity index (χ4n) is 2.45. The van der Waals surface area contributed by atoms with Crippen LogP contribution >= 0.6 is 0 Å². The largest absolute Gasteiger partial charge is 0.478 e. The SMILES string of the molecule is O=C(O)c1ccc2c(c1)C(=O)OC2C1=CC=C(F)CC1. The van der Waals surface area contributed by atoms with Crippen LogP contribution in [0.5, 0.6) is 0 Å². The van der Waals surface area contributed by atoms with Gasteiger partial charge in [0.15, 0.2) is 0 Å². The van der Waals surface area contributed by atoms with Gasteiger partial charge >= 0.3 is 11.9 Å². The van der Waals surface area contributed by atoms with Crippen molar-refractivity contribution in [1.82, 2.24) is 0 Å². The molecule has 0 bridgehead atoms. The van der Waals surface area contributed by atoms with Gasteiger partial charge in [0.2, 0.25) is 0 Å². The molecule has 3 rings (SSSR count). The maximum atomic E-state index is 13.0. The first-order valence-electron chi connectivity index (χ1n) is 6.19. The van der Waals surface area contributed by atoms with Gasteiger partial charge in [-0.15, -0.1) is 0 Å². The lowest BCUT2D eigenvalue weighted by Gasteiger charge is -2.17. The van der Waals surface area contributed by atoms with E-state index in [-0.39, 0.29) is 17.0 Å². The summed E-state index contributed by atoms with van der Waals surface area (Å²) in [5.74, 6) is -1.82. The smallest absolute Gasteiger partial charge is 0.339 e. The number of benzene rings is 1. The van der Waals surface area contributed by atoms with Crippen LogP contribution in [0.1, 0.15) is 45.2 Å². The normalized spacial score (nSPS) is 20.9. The molecule has 0 amide bonds. The molecular weight excluding hydrogens is 263 g/mol. The van der Waals surface area contributed by atoms with Crippen LogP contribution < -0.4 is 0 Å². The van der Waals surface area contributed by atoms with Crippen molar-refractivity contribution in [2.75, 3.05) is 0 Å². The average Bonchev–Trinajstić information content (AvgIpc) is 2.76. The van der Waals surface area contributed by atoms with E-state index in [1.54, 1.807) is 12.1 Å². The topological polar surface area (TPSA) is 63.6 Å². The molecule has 0 radical (unpaired) electrons. The molecule has 1 aromatic carbocycles. The van der Waals surface area contributed by atoms with E-state index in [0.29, 0.717) is 18.4 Å². The van der Waals surface area contributed by atoms with E-state index in [9.17, 15) is 14.0 Å². The number of hydrogen-bond donors (Lipinski definition) is 1. The average molecular weight is 274 g/mol. The molecule has 0 saturated carbocycles. The summed E-state index contributed by atoms with van der Waals surface area (Å²) in [5.41, 5.74) is 1.78. The van der Waals surface area contributed by atoms with E-state index in [2.05, 4.69) is 0 Å². The van der Waals surface area contributed by atoms with Crippen molar-refractivity contribution >= 4 is 11.9 Å². The number of rotatable bonds is 2. The van der Waals surface area contributed by atoms with Crippen molar-refractivity contribution in [3.63, 3.8) is 0 Å². The molecule has 0 saturated heterocycles. The summed E-state index contributed by atoms with van der Waals surface area (Å²) in [7, 11) is 0. The molecule has 0 fully saturated rings. The fourth-order valence-corrected chi connectivity index (χ4v) is 2.45. The molecule has 0 aromatic heterocycles. The Hall–Kier alpha value is -2.43. The predicted octanol–water partition coefficient (Wildman–Crippen LogP) is 3.17. The van der Waals surface area contributed by atoms with Crippen LogP contribution in [0.3, 0.4) is 0 Å². The summed E-state index contributed by atoms with van der Waals surface area (Å²) in [6.45, 7) is 0. The molecule has 4 nitrogen and oxygen atoms in total. The number of esters is 1. The van der Waals surface area contributed by atoms with E-state index in [0.717, 1.165) is 5.57 Å². The molecular formula is C15H11FO4. The Morgan fingerprint density at radius 2 is 2.10 bits per heavy atom.